The Kier molecular flexibility index (Phi) is 2.61. The SMILES string of the molecule is CC(C)(C)c1ccsc1NC(=O)O. The molecule has 1 rings (SSSR count). The summed E-state index contributed by atoms with van der Waals surface area (Å²) in [6, 6.07) is 1.95. The molecule has 0 atom stereocenters. The van der Waals surface area contributed by atoms with Crippen LogP contribution in [0.1, 0.15) is 26.3 Å². The van der Waals surface area contributed by atoms with Crippen LogP contribution in [0.5, 0.6) is 0 Å². The third kappa shape index (κ3) is 2.45. The number of thiophene rings is 1. The predicted molar refractivity (Wildman–Crippen MR) is 54.7 cm³/mol. The van der Waals surface area contributed by atoms with E-state index in [4.69, 9.17) is 5.11 Å². The topological polar surface area (TPSA) is 49.3 Å². The van der Waals surface area contributed by atoms with E-state index >= 15 is 0 Å². The number of hydrogen-bond donors (Lipinski definition) is 2. The van der Waals surface area contributed by atoms with Crippen molar-refractivity contribution in [3.05, 3.63) is 17.0 Å². The van der Waals surface area contributed by atoms with Gasteiger partial charge in [-0.2, -0.15) is 0 Å². The van der Waals surface area contributed by atoms with E-state index in [1.54, 1.807) is 0 Å². The lowest BCUT2D eigenvalue weighted by molar-refractivity contribution is 0.210. The van der Waals surface area contributed by atoms with Crippen molar-refractivity contribution in [1.82, 2.24) is 0 Å². The fourth-order valence-corrected chi connectivity index (χ4v) is 2.08. The summed E-state index contributed by atoms with van der Waals surface area (Å²) >= 11 is 1.41. The Hall–Kier alpha value is -1.03. The van der Waals surface area contributed by atoms with E-state index < -0.39 is 6.09 Å². The highest BCUT2D eigenvalue weighted by molar-refractivity contribution is 7.14. The molecule has 13 heavy (non-hydrogen) atoms. The highest BCUT2D eigenvalue weighted by Gasteiger charge is 2.19. The van der Waals surface area contributed by atoms with Gasteiger partial charge in [0.1, 0.15) is 5.00 Å². The minimum absolute atomic E-state index is 0.0161. The van der Waals surface area contributed by atoms with Crippen LogP contribution in [0, 0.1) is 0 Å². The highest BCUT2D eigenvalue weighted by atomic mass is 32.1. The third-order valence-electron chi connectivity index (χ3n) is 1.69. The molecule has 0 radical (unpaired) electrons. The predicted octanol–water partition coefficient (Wildman–Crippen LogP) is 3.14. The van der Waals surface area contributed by atoms with Crippen LogP contribution in [0.15, 0.2) is 11.4 Å². The first kappa shape index (κ1) is 10.1. The maximum Gasteiger partial charge on any atom is 0.409 e. The minimum Gasteiger partial charge on any atom is -0.465 e. The van der Waals surface area contributed by atoms with Gasteiger partial charge < -0.3 is 5.11 Å². The number of amides is 1. The first-order chi connectivity index (χ1) is 5.91. The number of carboxylic acid groups (broad SMARTS) is 1. The Morgan fingerprint density at radius 2 is 2.15 bits per heavy atom. The summed E-state index contributed by atoms with van der Waals surface area (Å²) in [7, 11) is 0. The third-order valence-corrected chi connectivity index (χ3v) is 2.52. The van der Waals surface area contributed by atoms with E-state index in [0.717, 1.165) is 10.6 Å². The maximum absolute atomic E-state index is 10.4. The molecule has 1 heterocycles. The van der Waals surface area contributed by atoms with Gasteiger partial charge in [0.2, 0.25) is 0 Å². The Bertz CT molecular complexity index is 312. The van der Waals surface area contributed by atoms with Crippen molar-refractivity contribution in [3.63, 3.8) is 0 Å². The number of nitrogens with one attached hydrogen (secondary N) is 1. The first-order valence-corrected chi connectivity index (χ1v) is 4.87. The number of rotatable bonds is 1. The monoisotopic (exact) mass is 199 g/mol. The zero-order chi connectivity index (χ0) is 10.1. The van der Waals surface area contributed by atoms with Gasteiger partial charge in [-0.3, -0.25) is 5.32 Å². The number of anilines is 1. The van der Waals surface area contributed by atoms with E-state index in [0.29, 0.717) is 0 Å². The lowest BCUT2D eigenvalue weighted by atomic mass is 9.89. The maximum atomic E-state index is 10.4. The van der Waals surface area contributed by atoms with Gasteiger partial charge >= 0.3 is 6.09 Å². The molecule has 0 unspecified atom stereocenters. The summed E-state index contributed by atoms with van der Waals surface area (Å²) in [6.45, 7) is 6.17. The molecule has 0 bridgehead atoms. The molecule has 0 aliphatic rings. The van der Waals surface area contributed by atoms with Gasteiger partial charge in [-0.15, -0.1) is 11.3 Å². The van der Waals surface area contributed by atoms with Crippen molar-refractivity contribution in [2.24, 2.45) is 0 Å². The van der Waals surface area contributed by atoms with Crippen molar-refractivity contribution in [2.75, 3.05) is 5.32 Å². The van der Waals surface area contributed by atoms with E-state index in [1.165, 1.54) is 11.3 Å². The number of carbonyl (C=O) groups is 1. The van der Waals surface area contributed by atoms with Crippen LogP contribution in [-0.2, 0) is 5.41 Å². The van der Waals surface area contributed by atoms with Gasteiger partial charge in [-0.25, -0.2) is 4.79 Å². The van der Waals surface area contributed by atoms with Gasteiger partial charge in [-0.05, 0) is 22.4 Å². The summed E-state index contributed by atoms with van der Waals surface area (Å²) in [4.78, 5) is 10.4. The Balaban J connectivity index is 2.96. The van der Waals surface area contributed by atoms with Crippen molar-refractivity contribution in [2.45, 2.75) is 26.2 Å². The quantitative estimate of drug-likeness (QED) is 0.730. The van der Waals surface area contributed by atoms with Gasteiger partial charge in [-0.1, -0.05) is 20.8 Å². The molecule has 0 fully saturated rings. The molecule has 3 nitrogen and oxygen atoms in total. The Labute approximate surface area is 81.4 Å². The van der Waals surface area contributed by atoms with Crippen LogP contribution in [0.4, 0.5) is 9.80 Å². The average molecular weight is 199 g/mol. The molecule has 2 N–H and O–H groups in total. The summed E-state index contributed by atoms with van der Waals surface area (Å²) in [5.41, 5.74) is 1.03. The zero-order valence-corrected chi connectivity index (χ0v) is 8.73. The largest absolute Gasteiger partial charge is 0.465 e. The smallest absolute Gasteiger partial charge is 0.409 e. The highest BCUT2D eigenvalue weighted by Crippen LogP contribution is 2.33. The van der Waals surface area contributed by atoms with Crippen molar-refractivity contribution in [3.8, 4) is 0 Å². The fourth-order valence-electron chi connectivity index (χ4n) is 1.09. The molecule has 0 aromatic carbocycles. The first-order valence-electron chi connectivity index (χ1n) is 3.99. The van der Waals surface area contributed by atoms with Crippen LogP contribution in [-0.4, -0.2) is 11.2 Å². The van der Waals surface area contributed by atoms with Gasteiger partial charge in [0, 0.05) is 0 Å². The molecular weight excluding hydrogens is 186 g/mol. The standard InChI is InChI=1S/C9H13NO2S/c1-9(2,3)6-4-5-13-7(6)10-8(11)12/h4-5,10H,1-3H3,(H,11,12). The average Bonchev–Trinajstić information content (AvgIpc) is 2.31. The van der Waals surface area contributed by atoms with E-state index in [2.05, 4.69) is 26.1 Å². The van der Waals surface area contributed by atoms with Crippen LogP contribution in [0.25, 0.3) is 0 Å². The number of hydrogen-bond acceptors (Lipinski definition) is 2. The molecular formula is C9H13NO2S. The molecule has 4 heteroatoms. The van der Waals surface area contributed by atoms with Crippen molar-refractivity contribution < 1.29 is 9.90 Å². The second-order valence-corrected chi connectivity index (χ2v) is 4.76. The molecule has 0 aliphatic carbocycles. The van der Waals surface area contributed by atoms with Crippen LogP contribution in [0.2, 0.25) is 0 Å². The lowest BCUT2D eigenvalue weighted by Gasteiger charge is -2.18. The van der Waals surface area contributed by atoms with Crippen molar-refractivity contribution >= 4 is 22.4 Å². The lowest BCUT2D eigenvalue weighted by Crippen LogP contribution is -2.15. The molecule has 0 saturated carbocycles. The Morgan fingerprint density at radius 1 is 1.54 bits per heavy atom. The van der Waals surface area contributed by atoms with Crippen LogP contribution < -0.4 is 5.32 Å². The minimum atomic E-state index is -1.01. The molecule has 0 aliphatic heterocycles. The second-order valence-electron chi connectivity index (χ2n) is 3.84. The van der Waals surface area contributed by atoms with Gasteiger partial charge in [0.25, 0.3) is 0 Å². The summed E-state index contributed by atoms with van der Waals surface area (Å²) in [5, 5.41) is 13.6. The fraction of sp³-hybridized carbons (Fsp3) is 0.444. The molecule has 1 amide bonds. The molecule has 1 aromatic heterocycles. The van der Waals surface area contributed by atoms with Gasteiger partial charge in [0.05, 0.1) is 0 Å². The summed E-state index contributed by atoms with van der Waals surface area (Å²) < 4.78 is 0. The normalized spacial score (nSPS) is 11.3. The second kappa shape index (κ2) is 3.38. The van der Waals surface area contributed by atoms with Crippen molar-refractivity contribution in [1.29, 1.82) is 0 Å². The van der Waals surface area contributed by atoms with E-state index in [9.17, 15) is 4.79 Å². The van der Waals surface area contributed by atoms with Crippen LogP contribution in [0.3, 0.4) is 0 Å². The molecule has 72 valence electrons. The Morgan fingerprint density at radius 3 is 2.62 bits per heavy atom. The van der Waals surface area contributed by atoms with E-state index in [1.807, 2.05) is 11.4 Å². The molecule has 1 aromatic rings. The van der Waals surface area contributed by atoms with Crippen LogP contribution >= 0.6 is 11.3 Å². The zero-order valence-electron chi connectivity index (χ0n) is 7.92. The molecule has 0 spiro atoms. The van der Waals surface area contributed by atoms with Gasteiger partial charge in [0.15, 0.2) is 0 Å². The van der Waals surface area contributed by atoms with E-state index in [-0.39, 0.29) is 5.41 Å². The summed E-state index contributed by atoms with van der Waals surface area (Å²) in [6.07, 6.45) is -1.01. The molecule has 0 saturated heterocycles. The summed E-state index contributed by atoms with van der Waals surface area (Å²) in [5.74, 6) is 0.